The molecule has 0 unspecified atom stereocenters. The summed E-state index contributed by atoms with van der Waals surface area (Å²) in [6.07, 6.45) is 6.63. The average molecular weight is 370 g/mol. The van der Waals surface area contributed by atoms with E-state index in [9.17, 15) is 9.59 Å². The van der Waals surface area contributed by atoms with Gasteiger partial charge in [0.1, 0.15) is 5.03 Å². The second kappa shape index (κ2) is 8.85. The van der Waals surface area contributed by atoms with Crippen LogP contribution in [-0.4, -0.2) is 29.2 Å². The van der Waals surface area contributed by atoms with E-state index < -0.39 is 0 Å². The van der Waals surface area contributed by atoms with Crippen molar-refractivity contribution >= 4 is 23.6 Å². The van der Waals surface area contributed by atoms with Crippen molar-refractivity contribution in [1.29, 1.82) is 0 Å². The Labute approximate surface area is 157 Å². The highest BCUT2D eigenvalue weighted by Crippen LogP contribution is 2.35. The molecule has 1 N–H and O–H groups in total. The van der Waals surface area contributed by atoms with E-state index >= 15 is 0 Å². The monoisotopic (exact) mass is 370 g/mol. The third kappa shape index (κ3) is 4.64. The van der Waals surface area contributed by atoms with Crippen LogP contribution >= 0.6 is 11.8 Å². The largest absolute Gasteiger partial charge is 0.465 e. The summed E-state index contributed by atoms with van der Waals surface area (Å²) in [4.78, 5) is 28.5. The van der Waals surface area contributed by atoms with Crippen LogP contribution in [0.3, 0.4) is 0 Å². The second-order valence-electron chi connectivity index (χ2n) is 6.25. The van der Waals surface area contributed by atoms with Gasteiger partial charge in [0.25, 0.3) is 5.91 Å². The fourth-order valence-electron chi connectivity index (χ4n) is 2.98. The summed E-state index contributed by atoms with van der Waals surface area (Å²) in [6, 6.07) is 10.6. The zero-order chi connectivity index (χ0) is 18.4. The molecule has 0 atom stereocenters. The van der Waals surface area contributed by atoms with Gasteiger partial charge in [-0.05, 0) is 42.7 Å². The number of esters is 1. The summed E-state index contributed by atoms with van der Waals surface area (Å²) in [5.74, 6) is -0.500. The molecule has 1 heterocycles. The van der Waals surface area contributed by atoms with Crippen LogP contribution in [0, 0.1) is 0 Å². The van der Waals surface area contributed by atoms with Gasteiger partial charge < -0.3 is 10.1 Å². The first-order chi connectivity index (χ1) is 12.7. The number of pyridine rings is 1. The number of amides is 1. The number of rotatable bonds is 6. The van der Waals surface area contributed by atoms with Gasteiger partial charge in [-0.1, -0.05) is 25.0 Å². The maximum absolute atomic E-state index is 12.6. The molecule has 1 aromatic carbocycles. The lowest BCUT2D eigenvalue weighted by Gasteiger charge is -2.12. The van der Waals surface area contributed by atoms with Gasteiger partial charge in [0.05, 0.1) is 18.2 Å². The average Bonchev–Trinajstić information content (AvgIpc) is 3.19. The van der Waals surface area contributed by atoms with Crippen LogP contribution in [0.2, 0.25) is 0 Å². The van der Waals surface area contributed by atoms with Crippen molar-refractivity contribution in [2.45, 2.75) is 42.5 Å². The molecule has 0 saturated heterocycles. The van der Waals surface area contributed by atoms with E-state index in [0.29, 0.717) is 22.9 Å². The van der Waals surface area contributed by atoms with E-state index in [0.717, 1.165) is 10.6 Å². The van der Waals surface area contributed by atoms with E-state index in [1.165, 1.54) is 32.8 Å². The molecule has 3 rings (SSSR count). The summed E-state index contributed by atoms with van der Waals surface area (Å²) in [7, 11) is 1.35. The fourth-order valence-corrected chi connectivity index (χ4v) is 4.27. The zero-order valence-corrected chi connectivity index (χ0v) is 15.6. The van der Waals surface area contributed by atoms with Gasteiger partial charge in [0, 0.05) is 18.0 Å². The Bertz CT molecular complexity index is 771. The molecule has 0 spiro atoms. The number of ether oxygens (including phenoxy) is 1. The van der Waals surface area contributed by atoms with E-state index in [4.69, 9.17) is 0 Å². The van der Waals surface area contributed by atoms with Crippen LogP contribution in [-0.2, 0) is 11.3 Å². The lowest BCUT2D eigenvalue weighted by atomic mass is 10.1. The Morgan fingerprint density at radius 1 is 1.19 bits per heavy atom. The Kier molecular flexibility index (Phi) is 6.28. The number of benzene rings is 1. The molecule has 6 heteroatoms. The molecule has 1 saturated carbocycles. The number of carbonyl (C=O) groups excluding carboxylic acids is 2. The van der Waals surface area contributed by atoms with Gasteiger partial charge in [0.2, 0.25) is 0 Å². The molecular weight excluding hydrogens is 348 g/mol. The van der Waals surface area contributed by atoms with Gasteiger partial charge in [-0.15, -0.1) is 11.8 Å². The molecule has 5 nitrogen and oxygen atoms in total. The maximum Gasteiger partial charge on any atom is 0.337 e. The molecular formula is C20H22N2O3S. The second-order valence-corrected chi connectivity index (χ2v) is 7.54. The van der Waals surface area contributed by atoms with Crippen molar-refractivity contribution in [2.24, 2.45) is 0 Å². The molecule has 26 heavy (non-hydrogen) atoms. The molecule has 1 amide bonds. The summed E-state index contributed by atoms with van der Waals surface area (Å²) < 4.78 is 4.68. The van der Waals surface area contributed by atoms with Gasteiger partial charge in [0.15, 0.2) is 0 Å². The molecule has 2 aromatic rings. The van der Waals surface area contributed by atoms with Gasteiger partial charge in [-0.2, -0.15) is 0 Å². The number of aromatic nitrogens is 1. The summed E-state index contributed by atoms with van der Waals surface area (Å²) in [5, 5.41) is 4.30. The van der Waals surface area contributed by atoms with Crippen LogP contribution in [0.15, 0.2) is 47.6 Å². The predicted molar refractivity (Wildman–Crippen MR) is 101 cm³/mol. The topological polar surface area (TPSA) is 68.3 Å². The minimum atomic E-state index is -0.371. The van der Waals surface area contributed by atoms with E-state index in [1.54, 1.807) is 36.2 Å². The summed E-state index contributed by atoms with van der Waals surface area (Å²) >= 11 is 1.71. The van der Waals surface area contributed by atoms with Gasteiger partial charge >= 0.3 is 5.97 Å². The molecule has 1 aliphatic carbocycles. The van der Waals surface area contributed by atoms with E-state index in [-0.39, 0.29) is 11.9 Å². The van der Waals surface area contributed by atoms with Crippen molar-refractivity contribution < 1.29 is 14.3 Å². The van der Waals surface area contributed by atoms with Crippen LogP contribution in [0.1, 0.15) is 52.0 Å². The standard InChI is InChI=1S/C20H22N2O3S/c1-25-20(24)15-10-8-14(9-11-15)13-22-18(23)17-7-4-12-21-19(17)26-16-5-2-3-6-16/h4,7-12,16H,2-3,5-6,13H2,1H3,(H,22,23). The maximum atomic E-state index is 12.6. The number of thioether (sulfide) groups is 1. The first-order valence-corrected chi connectivity index (χ1v) is 9.62. The third-order valence-electron chi connectivity index (χ3n) is 4.42. The Balaban J connectivity index is 1.62. The number of methoxy groups -OCH3 is 1. The highest BCUT2D eigenvalue weighted by Gasteiger charge is 2.20. The number of nitrogens with zero attached hydrogens (tertiary/aromatic N) is 1. The van der Waals surface area contributed by atoms with Gasteiger partial charge in [-0.3, -0.25) is 4.79 Å². The predicted octanol–water partition coefficient (Wildman–Crippen LogP) is 3.83. The van der Waals surface area contributed by atoms with Crippen molar-refractivity contribution in [2.75, 3.05) is 7.11 Å². The first-order valence-electron chi connectivity index (χ1n) is 8.74. The van der Waals surface area contributed by atoms with Crippen LogP contribution in [0.5, 0.6) is 0 Å². The Morgan fingerprint density at radius 2 is 1.92 bits per heavy atom. The summed E-state index contributed by atoms with van der Waals surface area (Å²) in [5.41, 5.74) is 2.03. The number of carbonyl (C=O) groups is 2. The van der Waals surface area contributed by atoms with Gasteiger partial charge in [-0.25, -0.2) is 9.78 Å². The van der Waals surface area contributed by atoms with Crippen molar-refractivity contribution in [1.82, 2.24) is 10.3 Å². The van der Waals surface area contributed by atoms with Crippen molar-refractivity contribution in [3.05, 3.63) is 59.3 Å². The minimum absolute atomic E-state index is 0.129. The quantitative estimate of drug-likeness (QED) is 0.783. The molecule has 1 fully saturated rings. The molecule has 1 aromatic heterocycles. The smallest absolute Gasteiger partial charge is 0.337 e. The summed E-state index contributed by atoms with van der Waals surface area (Å²) in [6.45, 7) is 0.392. The number of hydrogen-bond acceptors (Lipinski definition) is 5. The fraction of sp³-hybridized carbons (Fsp3) is 0.350. The molecule has 0 aliphatic heterocycles. The molecule has 136 valence electrons. The number of hydrogen-bond donors (Lipinski definition) is 1. The zero-order valence-electron chi connectivity index (χ0n) is 14.7. The van der Waals surface area contributed by atoms with E-state index in [2.05, 4.69) is 15.0 Å². The van der Waals surface area contributed by atoms with Crippen LogP contribution < -0.4 is 5.32 Å². The SMILES string of the molecule is COC(=O)c1ccc(CNC(=O)c2cccnc2SC2CCCC2)cc1. The van der Waals surface area contributed by atoms with Crippen LogP contribution in [0.25, 0.3) is 0 Å². The molecule has 1 aliphatic rings. The first kappa shape index (κ1) is 18.5. The molecule has 0 radical (unpaired) electrons. The Hall–Kier alpha value is -2.34. The minimum Gasteiger partial charge on any atom is -0.465 e. The van der Waals surface area contributed by atoms with Crippen LogP contribution in [0.4, 0.5) is 0 Å². The molecule has 0 bridgehead atoms. The lowest BCUT2D eigenvalue weighted by Crippen LogP contribution is -2.24. The third-order valence-corrected chi connectivity index (χ3v) is 5.78. The van der Waals surface area contributed by atoms with Crippen molar-refractivity contribution in [3.8, 4) is 0 Å². The highest BCUT2D eigenvalue weighted by molar-refractivity contribution is 7.99. The Morgan fingerprint density at radius 3 is 2.62 bits per heavy atom. The normalized spacial score (nSPS) is 14.2. The number of nitrogens with one attached hydrogen (secondary N) is 1. The lowest BCUT2D eigenvalue weighted by molar-refractivity contribution is 0.0600. The van der Waals surface area contributed by atoms with Crippen molar-refractivity contribution in [3.63, 3.8) is 0 Å². The highest BCUT2D eigenvalue weighted by atomic mass is 32.2. The van der Waals surface area contributed by atoms with E-state index in [1.807, 2.05) is 18.2 Å².